The lowest BCUT2D eigenvalue weighted by molar-refractivity contribution is -0.148. The van der Waals surface area contributed by atoms with Crippen LogP contribution in [-0.2, 0) is 22.6 Å². The van der Waals surface area contributed by atoms with Gasteiger partial charge in [-0.05, 0) is 48.9 Å². The van der Waals surface area contributed by atoms with Gasteiger partial charge in [-0.25, -0.2) is 0 Å². The van der Waals surface area contributed by atoms with E-state index in [1.807, 2.05) is 36.4 Å². The van der Waals surface area contributed by atoms with E-state index in [4.69, 9.17) is 4.74 Å². The number of para-hydroxylation sites is 1. The van der Waals surface area contributed by atoms with Crippen LogP contribution in [0.15, 0.2) is 48.5 Å². The predicted octanol–water partition coefficient (Wildman–Crippen LogP) is 4.12. The first kappa shape index (κ1) is 20.9. The van der Waals surface area contributed by atoms with Crippen molar-refractivity contribution >= 4 is 11.9 Å². The highest BCUT2D eigenvalue weighted by atomic mass is 16.5. The number of ether oxygens (including phenoxy) is 1. The van der Waals surface area contributed by atoms with Crippen LogP contribution in [-0.4, -0.2) is 23.5 Å². The zero-order valence-electron chi connectivity index (χ0n) is 16.9. The number of benzene rings is 2. The highest BCUT2D eigenvalue weighted by Crippen LogP contribution is 2.30. The molecule has 2 unspecified atom stereocenters. The van der Waals surface area contributed by atoms with Gasteiger partial charge < -0.3 is 15.2 Å². The van der Waals surface area contributed by atoms with Crippen LogP contribution in [0.2, 0.25) is 0 Å². The monoisotopic (exact) mass is 395 g/mol. The van der Waals surface area contributed by atoms with Crippen LogP contribution in [0.4, 0.5) is 0 Å². The Morgan fingerprint density at radius 3 is 2.38 bits per heavy atom. The molecule has 2 aromatic carbocycles. The van der Waals surface area contributed by atoms with Crippen molar-refractivity contribution in [1.82, 2.24) is 5.32 Å². The molecule has 0 spiro atoms. The van der Waals surface area contributed by atoms with Crippen molar-refractivity contribution in [2.45, 2.75) is 45.6 Å². The second kappa shape index (κ2) is 10.1. The molecule has 1 amide bonds. The molecule has 1 aliphatic rings. The number of hydrogen-bond donors (Lipinski definition) is 2. The summed E-state index contributed by atoms with van der Waals surface area (Å²) in [6.45, 7) is 3.03. The van der Waals surface area contributed by atoms with Gasteiger partial charge in [0.15, 0.2) is 0 Å². The number of aliphatic carboxylic acids is 1. The van der Waals surface area contributed by atoms with Gasteiger partial charge in [0.1, 0.15) is 12.4 Å². The normalized spacial score (nSPS) is 18.8. The van der Waals surface area contributed by atoms with Crippen LogP contribution in [0.3, 0.4) is 0 Å². The summed E-state index contributed by atoms with van der Waals surface area (Å²) in [5, 5.41) is 12.3. The largest absolute Gasteiger partial charge is 0.489 e. The molecular formula is C24H29NO4. The van der Waals surface area contributed by atoms with E-state index in [1.54, 1.807) is 0 Å². The maximum Gasteiger partial charge on any atom is 0.307 e. The Hall–Kier alpha value is -2.82. The molecule has 2 aromatic rings. The number of carboxylic acids is 1. The van der Waals surface area contributed by atoms with E-state index >= 15 is 0 Å². The number of carboxylic acid groups (broad SMARTS) is 1. The molecule has 0 radical (unpaired) electrons. The van der Waals surface area contributed by atoms with Crippen molar-refractivity contribution in [2.24, 2.45) is 11.8 Å². The molecular weight excluding hydrogens is 366 g/mol. The summed E-state index contributed by atoms with van der Waals surface area (Å²) in [7, 11) is 0. The van der Waals surface area contributed by atoms with E-state index in [-0.39, 0.29) is 5.91 Å². The van der Waals surface area contributed by atoms with E-state index < -0.39 is 17.8 Å². The third-order valence-electron chi connectivity index (χ3n) is 5.73. The molecule has 1 fully saturated rings. The maximum atomic E-state index is 12.5. The second-order valence-corrected chi connectivity index (χ2v) is 7.70. The zero-order valence-corrected chi connectivity index (χ0v) is 16.9. The number of rotatable bonds is 8. The molecule has 0 bridgehead atoms. The van der Waals surface area contributed by atoms with Gasteiger partial charge in [-0.15, -0.1) is 0 Å². The van der Waals surface area contributed by atoms with Crippen molar-refractivity contribution < 1.29 is 19.4 Å². The van der Waals surface area contributed by atoms with E-state index in [0.29, 0.717) is 32.4 Å². The van der Waals surface area contributed by atoms with Gasteiger partial charge in [0.2, 0.25) is 5.91 Å². The molecule has 5 nitrogen and oxygen atoms in total. The standard InChI is InChI=1S/C24H29NO4/c1-17-8-2-3-10-19(17)16-29-22-13-7-4-9-18(22)14-15-25-23(26)20-11-5-6-12-21(20)24(27)28/h2-4,7-10,13,20-21H,5-6,11-12,14-16H2,1H3,(H,25,26)(H,27,28). The summed E-state index contributed by atoms with van der Waals surface area (Å²) >= 11 is 0. The summed E-state index contributed by atoms with van der Waals surface area (Å²) in [6, 6.07) is 16.0. The Balaban J connectivity index is 1.55. The fourth-order valence-electron chi connectivity index (χ4n) is 3.97. The van der Waals surface area contributed by atoms with Crippen molar-refractivity contribution in [1.29, 1.82) is 0 Å². The summed E-state index contributed by atoms with van der Waals surface area (Å²) in [6.07, 6.45) is 3.67. The number of aryl methyl sites for hydroxylation is 1. The van der Waals surface area contributed by atoms with Crippen molar-refractivity contribution in [2.75, 3.05) is 6.54 Å². The average molecular weight is 395 g/mol. The van der Waals surface area contributed by atoms with Gasteiger partial charge in [-0.2, -0.15) is 0 Å². The Morgan fingerprint density at radius 1 is 1.00 bits per heavy atom. The van der Waals surface area contributed by atoms with Gasteiger partial charge in [0.05, 0.1) is 11.8 Å². The summed E-state index contributed by atoms with van der Waals surface area (Å²) in [5.41, 5.74) is 3.37. The quantitative estimate of drug-likeness (QED) is 0.705. The lowest BCUT2D eigenvalue weighted by atomic mass is 9.78. The van der Waals surface area contributed by atoms with Crippen LogP contribution >= 0.6 is 0 Å². The Morgan fingerprint density at radius 2 is 1.66 bits per heavy atom. The lowest BCUT2D eigenvalue weighted by Gasteiger charge is -2.27. The Bertz CT molecular complexity index is 848. The summed E-state index contributed by atoms with van der Waals surface area (Å²) in [5.74, 6) is -1.18. The molecule has 2 N–H and O–H groups in total. The van der Waals surface area contributed by atoms with Crippen LogP contribution < -0.4 is 10.1 Å². The summed E-state index contributed by atoms with van der Waals surface area (Å²) < 4.78 is 6.04. The Kier molecular flexibility index (Phi) is 7.28. The summed E-state index contributed by atoms with van der Waals surface area (Å²) in [4.78, 5) is 24.0. The number of nitrogens with one attached hydrogen (secondary N) is 1. The average Bonchev–Trinajstić information content (AvgIpc) is 2.74. The van der Waals surface area contributed by atoms with Crippen molar-refractivity contribution in [3.8, 4) is 5.75 Å². The van der Waals surface area contributed by atoms with Gasteiger partial charge >= 0.3 is 5.97 Å². The van der Waals surface area contributed by atoms with Crippen LogP contribution in [0.25, 0.3) is 0 Å². The highest BCUT2D eigenvalue weighted by Gasteiger charge is 2.35. The van der Waals surface area contributed by atoms with E-state index in [9.17, 15) is 14.7 Å². The molecule has 2 atom stereocenters. The molecule has 0 aromatic heterocycles. The molecule has 0 saturated heterocycles. The zero-order chi connectivity index (χ0) is 20.6. The second-order valence-electron chi connectivity index (χ2n) is 7.70. The van der Waals surface area contributed by atoms with Gasteiger partial charge in [-0.3, -0.25) is 9.59 Å². The van der Waals surface area contributed by atoms with Crippen molar-refractivity contribution in [3.05, 3.63) is 65.2 Å². The van der Waals surface area contributed by atoms with E-state index in [0.717, 1.165) is 29.7 Å². The first-order valence-corrected chi connectivity index (χ1v) is 10.3. The first-order chi connectivity index (χ1) is 14.1. The minimum absolute atomic E-state index is 0.143. The minimum atomic E-state index is -0.861. The molecule has 29 heavy (non-hydrogen) atoms. The van der Waals surface area contributed by atoms with Gasteiger partial charge in [0.25, 0.3) is 0 Å². The number of amides is 1. The molecule has 1 aliphatic carbocycles. The number of hydrogen-bond acceptors (Lipinski definition) is 3. The van der Waals surface area contributed by atoms with E-state index in [2.05, 4.69) is 24.4 Å². The molecule has 1 saturated carbocycles. The number of carbonyl (C=O) groups is 2. The first-order valence-electron chi connectivity index (χ1n) is 10.3. The van der Waals surface area contributed by atoms with Gasteiger partial charge in [-0.1, -0.05) is 55.3 Å². The SMILES string of the molecule is Cc1ccccc1COc1ccccc1CCNC(=O)C1CCCCC1C(=O)O. The topological polar surface area (TPSA) is 75.6 Å². The third-order valence-corrected chi connectivity index (χ3v) is 5.73. The smallest absolute Gasteiger partial charge is 0.307 e. The van der Waals surface area contributed by atoms with Crippen LogP contribution in [0.5, 0.6) is 5.75 Å². The van der Waals surface area contributed by atoms with Crippen LogP contribution in [0.1, 0.15) is 42.4 Å². The number of carbonyl (C=O) groups excluding carboxylic acids is 1. The third kappa shape index (κ3) is 5.59. The highest BCUT2D eigenvalue weighted by molar-refractivity contribution is 5.84. The van der Waals surface area contributed by atoms with Crippen molar-refractivity contribution in [3.63, 3.8) is 0 Å². The fourth-order valence-corrected chi connectivity index (χ4v) is 3.97. The molecule has 0 heterocycles. The lowest BCUT2D eigenvalue weighted by Crippen LogP contribution is -2.40. The fraction of sp³-hybridized carbons (Fsp3) is 0.417. The molecule has 3 rings (SSSR count). The van der Waals surface area contributed by atoms with Crippen LogP contribution in [0, 0.1) is 18.8 Å². The molecule has 154 valence electrons. The maximum absolute atomic E-state index is 12.5. The van der Waals surface area contributed by atoms with Gasteiger partial charge in [0, 0.05) is 6.54 Å². The minimum Gasteiger partial charge on any atom is -0.489 e. The van der Waals surface area contributed by atoms with E-state index in [1.165, 1.54) is 5.56 Å². The molecule has 5 heteroatoms. The predicted molar refractivity (Wildman–Crippen MR) is 112 cm³/mol. The Labute approximate surface area is 172 Å². The molecule has 0 aliphatic heterocycles.